The van der Waals surface area contributed by atoms with E-state index in [0.717, 1.165) is 33.8 Å². The van der Waals surface area contributed by atoms with Gasteiger partial charge >= 0.3 is 6.09 Å². The van der Waals surface area contributed by atoms with E-state index in [-0.39, 0.29) is 76.8 Å². The minimum absolute atomic E-state index is 0.0342. The number of amides is 3. The third-order valence-corrected chi connectivity index (χ3v) is 19.7. The molecule has 0 saturated carbocycles. The number of aryl methyl sites for hydroxylation is 1. The Kier molecular flexibility index (Phi) is 18.0. The van der Waals surface area contributed by atoms with E-state index in [0.29, 0.717) is 120 Å². The molecule has 3 amide bonds. The average Bonchev–Trinajstić information content (AvgIpc) is 2.05. The highest BCUT2D eigenvalue weighted by Crippen LogP contribution is 2.41. The van der Waals surface area contributed by atoms with Crippen LogP contribution in [0.15, 0.2) is 72.3 Å². The molecule has 4 aliphatic heterocycles. The molecular weight excluding hydrogens is 1130 g/mol. The van der Waals surface area contributed by atoms with Gasteiger partial charge in [-0.1, -0.05) is 26.0 Å². The molecule has 0 radical (unpaired) electrons. The van der Waals surface area contributed by atoms with Gasteiger partial charge in [0.15, 0.2) is 15.7 Å². The first-order chi connectivity index (χ1) is 41.1. The normalized spacial score (nSPS) is 19.8. The summed E-state index contributed by atoms with van der Waals surface area (Å²) in [6, 6.07) is 11.4. The highest BCUT2D eigenvalue weighted by Gasteiger charge is 2.44. The number of fused-ring (bicyclic) bond motifs is 2. The Bertz CT molecular complexity index is 3600. The smallest absolute Gasteiger partial charge is 0.410 e. The Morgan fingerprint density at radius 3 is 2.23 bits per heavy atom. The number of hydrogen-bond acceptors (Lipinski definition) is 18. The van der Waals surface area contributed by atoms with Gasteiger partial charge in [0.05, 0.1) is 47.2 Å². The fourth-order valence-electron chi connectivity index (χ4n) is 11.9. The summed E-state index contributed by atoms with van der Waals surface area (Å²) >= 11 is 0. The summed E-state index contributed by atoms with van der Waals surface area (Å²) in [6.07, 6.45) is 7.33. The van der Waals surface area contributed by atoms with Gasteiger partial charge in [0.25, 0.3) is 5.91 Å². The summed E-state index contributed by atoms with van der Waals surface area (Å²) in [5.74, 6) is 1.43. The summed E-state index contributed by atoms with van der Waals surface area (Å²) < 4.78 is 52.9. The molecule has 3 saturated heterocycles. The van der Waals surface area contributed by atoms with Crippen LogP contribution in [-0.4, -0.2) is 206 Å². The molecule has 4 aliphatic rings. The first-order valence-electron chi connectivity index (χ1n) is 30.2. The van der Waals surface area contributed by atoms with Gasteiger partial charge in [-0.05, 0) is 117 Å². The highest BCUT2D eigenvalue weighted by atomic mass is 32.2. The van der Waals surface area contributed by atoms with Gasteiger partial charge in [-0.15, -0.1) is 0 Å². The van der Waals surface area contributed by atoms with Crippen LogP contribution in [0, 0.1) is 19.7 Å². The molecule has 2 N–H and O–H groups in total. The van der Waals surface area contributed by atoms with Crippen molar-refractivity contribution in [1.82, 2.24) is 59.6 Å². The molecule has 4 aromatic heterocycles. The molecule has 10 rings (SSSR count). The van der Waals surface area contributed by atoms with Gasteiger partial charge < -0.3 is 34.4 Å². The van der Waals surface area contributed by atoms with Crippen LogP contribution < -0.4 is 19.9 Å². The summed E-state index contributed by atoms with van der Waals surface area (Å²) in [5, 5.41) is 11.1. The number of carbonyl (C=O) groups is 3. The van der Waals surface area contributed by atoms with Crippen molar-refractivity contribution in [2.75, 3.05) is 107 Å². The number of aromatic amines is 1. The lowest BCUT2D eigenvalue weighted by Crippen LogP contribution is -2.65. The number of aromatic nitrogens is 7. The number of benzene rings is 2. The van der Waals surface area contributed by atoms with Gasteiger partial charge in [0, 0.05) is 131 Å². The van der Waals surface area contributed by atoms with E-state index in [1.807, 2.05) is 58.7 Å². The highest BCUT2D eigenvalue weighted by molar-refractivity contribution is 7.92. The van der Waals surface area contributed by atoms with Crippen LogP contribution in [0.25, 0.3) is 10.9 Å². The maximum Gasteiger partial charge on any atom is 0.410 e. The molecule has 0 spiro atoms. The number of anilines is 4. The Labute approximate surface area is 510 Å². The predicted molar refractivity (Wildman–Crippen MR) is 332 cm³/mol. The number of sulfone groups is 1. The fourth-order valence-corrected chi connectivity index (χ4v) is 13.2. The van der Waals surface area contributed by atoms with E-state index in [9.17, 15) is 27.2 Å². The SMILES string of the molecule is Cc1[nH]nc(Nc2ncnc3cc(OCCCN4CCN(C(=O)c5cnc(N6CCN(C[C@H]7CN(C(=O)OC(C)(C)C)[C@H](C)CN7CC(=O)N7CC(C)(C)c8ncc(Cc9ccc(F)cc9)cc87)C(C)C6)cn5)CC4)c(S(=O)(=O)C(C)(C)C)cc23)c1C. The number of piperazine rings is 3. The molecule has 466 valence electrons. The van der Waals surface area contributed by atoms with Gasteiger partial charge in [-0.25, -0.2) is 37.5 Å². The molecule has 3 fully saturated rings. The summed E-state index contributed by atoms with van der Waals surface area (Å²) in [7, 11) is -3.85. The topological polar surface area (TPSA) is 232 Å². The molecule has 24 heteroatoms. The second-order valence-electron chi connectivity index (χ2n) is 26.4. The fraction of sp³-hybridized carbons (Fsp3) is 0.540. The third kappa shape index (κ3) is 14.0. The number of carbonyl (C=O) groups excluding carboxylic acids is 3. The molecule has 0 bridgehead atoms. The lowest BCUT2D eigenvalue weighted by molar-refractivity contribution is -0.121. The molecule has 3 atom stereocenters. The van der Waals surface area contributed by atoms with Gasteiger partial charge in [0.2, 0.25) is 5.91 Å². The van der Waals surface area contributed by atoms with E-state index >= 15 is 0 Å². The zero-order valence-corrected chi connectivity index (χ0v) is 53.2. The maximum atomic E-state index is 14.7. The number of rotatable bonds is 16. The molecule has 6 aromatic rings. The Morgan fingerprint density at radius 2 is 1.56 bits per heavy atom. The first kappa shape index (κ1) is 62.6. The van der Waals surface area contributed by atoms with Crippen molar-refractivity contribution in [3.63, 3.8) is 0 Å². The van der Waals surface area contributed by atoms with E-state index in [2.05, 4.69) is 70.8 Å². The quantitative estimate of drug-likeness (QED) is 0.0890. The third-order valence-electron chi connectivity index (χ3n) is 17.2. The average molecular weight is 1210 g/mol. The predicted octanol–water partition coefficient (Wildman–Crippen LogP) is 7.57. The van der Waals surface area contributed by atoms with Crippen molar-refractivity contribution in [1.29, 1.82) is 0 Å². The van der Waals surface area contributed by atoms with E-state index in [1.54, 1.807) is 67.2 Å². The Balaban J connectivity index is 0.728. The van der Waals surface area contributed by atoms with Gasteiger partial charge in [-0.2, -0.15) is 5.10 Å². The van der Waals surface area contributed by atoms with E-state index < -0.39 is 20.2 Å². The molecule has 0 aliphatic carbocycles. The minimum atomic E-state index is -3.85. The Morgan fingerprint density at radius 1 is 0.816 bits per heavy atom. The Hall–Kier alpha value is -7.41. The molecule has 1 unspecified atom stereocenters. The molecule has 2 aromatic carbocycles. The van der Waals surface area contributed by atoms with Crippen LogP contribution in [0.5, 0.6) is 5.75 Å². The van der Waals surface area contributed by atoms with Crippen molar-refractivity contribution in [3.05, 3.63) is 107 Å². The van der Waals surface area contributed by atoms with Crippen LogP contribution in [0.4, 0.5) is 32.3 Å². The van der Waals surface area contributed by atoms with Crippen LogP contribution in [-0.2, 0) is 31.2 Å². The van der Waals surface area contributed by atoms with Crippen LogP contribution in [0.3, 0.4) is 0 Å². The van der Waals surface area contributed by atoms with E-state index in [1.165, 1.54) is 18.5 Å². The first-order valence-corrected chi connectivity index (χ1v) is 31.7. The number of nitrogens with zero attached hydrogens (tertiary/aromatic N) is 13. The zero-order chi connectivity index (χ0) is 62.3. The number of H-pyrrole nitrogens is 1. The number of ether oxygens (including phenoxy) is 2. The second kappa shape index (κ2) is 25.0. The van der Waals surface area contributed by atoms with Crippen molar-refractivity contribution in [3.8, 4) is 5.75 Å². The standard InChI is InChI=1S/C63H84FN15O7S/c1-40-33-76(24-23-75(40)35-47-36-78(60(82)86-61(5,6)7)41(2)34-77(47)37-55(80)79-38-63(11,12)56-51(79)27-45(30-67-56)26-44-14-16-46(64)17-15-44)54-32-65-50(31-66-54)59(81)74-21-19-73(20-22-74)18-13-25-85-52-29-49-48(28-53(52)87(83,84)62(8,9)10)58(69-39-68-49)70-57-42(3)43(4)71-72-57/h14-17,27-32,39-41,47H,13,18-26,33-38H2,1-12H3,(H2,68,69,70,71,72)/t40?,41-,47+/m1/s1. The van der Waals surface area contributed by atoms with Crippen LogP contribution in [0.2, 0.25) is 0 Å². The summed E-state index contributed by atoms with van der Waals surface area (Å²) in [5.41, 5.74) is 5.14. The summed E-state index contributed by atoms with van der Waals surface area (Å²) in [6.45, 7) is 30.2. The molecule has 8 heterocycles. The second-order valence-corrected chi connectivity index (χ2v) is 29.1. The summed E-state index contributed by atoms with van der Waals surface area (Å²) in [4.78, 5) is 80.0. The molecule has 22 nitrogen and oxygen atoms in total. The number of pyridine rings is 1. The van der Waals surface area contributed by atoms with E-state index in [4.69, 9.17) is 19.4 Å². The minimum Gasteiger partial charge on any atom is -0.492 e. The maximum absolute atomic E-state index is 14.7. The monoisotopic (exact) mass is 1210 g/mol. The van der Waals surface area contributed by atoms with Crippen molar-refractivity contribution >= 4 is 61.8 Å². The molecular formula is C63H84FN15O7S. The largest absolute Gasteiger partial charge is 0.492 e. The van der Waals surface area contributed by atoms with Crippen molar-refractivity contribution in [2.45, 2.75) is 135 Å². The lowest BCUT2D eigenvalue weighted by atomic mass is 9.91. The van der Waals surface area contributed by atoms with Crippen LogP contribution >= 0.6 is 0 Å². The molecule has 87 heavy (non-hydrogen) atoms. The zero-order valence-electron chi connectivity index (χ0n) is 52.4. The van der Waals surface area contributed by atoms with Gasteiger partial charge in [0.1, 0.15) is 45.7 Å². The number of halogens is 1. The lowest BCUT2D eigenvalue weighted by Gasteiger charge is -2.48. The van der Waals surface area contributed by atoms with Crippen LogP contribution in [0.1, 0.15) is 114 Å². The van der Waals surface area contributed by atoms with Crippen molar-refractivity contribution < 1.29 is 36.7 Å². The van der Waals surface area contributed by atoms with Gasteiger partial charge in [-0.3, -0.25) is 34.4 Å². The number of hydrogen-bond donors (Lipinski definition) is 2. The van der Waals surface area contributed by atoms with Crippen molar-refractivity contribution in [2.24, 2.45) is 0 Å². The number of nitrogens with one attached hydrogen (secondary N) is 2.